The van der Waals surface area contributed by atoms with Crippen LogP contribution in [0, 0.1) is 11.6 Å². The van der Waals surface area contributed by atoms with E-state index in [2.05, 4.69) is 26.8 Å². The number of imide groups is 4. The van der Waals surface area contributed by atoms with Crippen LogP contribution in [0.25, 0.3) is 0 Å². The fourth-order valence-electron chi connectivity index (χ4n) is 16.1. The second kappa shape index (κ2) is 31.7. The Bertz CT molecular complexity index is 4960. The van der Waals surface area contributed by atoms with Gasteiger partial charge in [0.2, 0.25) is 0 Å². The summed E-state index contributed by atoms with van der Waals surface area (Å²) in [5.74, 6) is -7.71. The van der Waals surface area contributed by atoms with E-state index in [1.165, 1.54) is 17.7 Å². The molecule has 0 bridgehead atoms. The topological polar surface area (TPSA) is 341 Å². The zero-order chi connectivity index (χ0) is 85.6. The van der Waals surface area contributed by atoms with Crippen LogP contribution < -0.4 is 0 Å². The van der Waals surface area contributed by atoms with Crippen LogP contribution in [0.4, 0.5) is 8.78 Å². The summed E-state index contributed by atoms with van der Waals surface area (Å²) in [6, 6.07) is 17.5. The van der Waals surface area contributed by atoms with Crippen molar-refractivity contribution in [2.24, 2.45) is 0 Å². The maximum atomic E-state index is 14.3. The summed E-state index contributed by atoms with van der Waals surface area (Å²) in [7, 11) is 0. The molecule has 5 heterocycles. The Morgan fingerprint density at radius 1 is 0.259 bits per heavy atom. The molecule has 0 N–H and O–H groups in total. The summed E-state index contributed by atoms with van der Waals surface area (Å²) in [4.78, 5) is 236. The first-order valence-corrected chi connectivity index (χ1v) is 39.0. The van der Waals surface area contributed by atoms with Crippen LogP contribution in [-0.2, 0) is 81.6 Å². The van der Waals surface area contributed by atoms with E-state index in [0.29, 0.717) is 58.3 Å². The molecule has 5 aromatic carbocycles. The molecule has 3 unspecified atom stereocenters. The second-order valence-corrected chi connectivity index (χ2v) is 36.4. The molecule has 116 heavy (non-hydrogen) atoms. The molecule has 5 aliphatic carbocycles. The van der Waals surface area contributed by atoms with Gasteiger partial charge < -0.3 is 4.90 Å². The number of carbonyl (C=O) groups is 19. The second-order valence-electron chi connectivity index (χ2n) is 36.4. The van der Waals surface area contributed by atoms with Crippen molar-refractivity contribution < 1.29 is 99.9 Å². The first-order chi connectivity index (χ1) is 53.9. The van der Waals surface area contributed by atoms with Crippen molar-refractivity contribution in [2.45, 2.75) is 264 Å². The van der Waals surface area contributed by atoms with Crippen LogP contribution in [0.15, 0.2) is 78.9 Å². The highest BCUT2D eigenvalue weighted by Gasteiger charge is 2.50. The number of amides is 9. The van der Waals surface area contributed by atoms with Gasteiger partial charge in [-0.25, -0.2) is 8.78 Å². The van der Waals surface area contributed by atoms with Crippen LogP contribution in [0.2, 0.25) is 0 Å². The molecule has 5 aromatic rings. The van der Waals surface area contributed by atoms with E-state index in [0.717, 1.165) is 48.4 Å². The third-order valence-corrected chi connectivity index (χ3v) is 22.8. The third-order valence-electron chi connectivity index (χ3n) is 22.8. The minimum atomic E-state index is -0.934. The van der Waals surface area contributed by atoms with E-state index in [-0.39, 0.29) is 174 Å². The maximum Gasteiger partial charge on any atom is 0.262 e. The van der Waals surface area contributed by atoms with Gasteiger partial charge in [0.1, 0.15) is 40.6 Å². The van der Waals surface area contributed by atoms with E-state index >= 15 is 0 Å². The Morgan fingerprint density at radius 2 is 0.491 bits per heavy atom. The molecular formula is C90H95F2N5O19. The van der Waals surface area contributed by atoms with Crippen molar-refractivity contribution in [1.29, 1.82) is 0 Å². The van der Waals surface area contributed by atoms with Gasteiger partial charge in [-0.1, -0.05) is 128 Å². The van der Waals surface area contributed by atoms with Crippen molar-refractivity contribution >= 4 is 111 Å². The molecule has 24 nitrogen and oxygen atoms in total. The average molecular weight is 1590 g/mol. The Kier molecular flexibility index (Phi) is 23.4. The lowest BCUT2D eigenvalue weighted by atomic mass is 9.85. The summed E-state index contributed by atoms with van der Waals surface area (Å²) in [5, 5.41) is 0. The van der Waals surface area contributed by atoms with E-state index in [9.17, 15) is 99.9 Å². The highest BCUT2D eigenvalue weighted by molar-refractivity contribution is 6.27. The lowest BCUT2D eigenvalue weighted by molar-refractivity contribution is -0.134. The SMILES string of the molecule is CC(C)(C)c1cc2c(cc1F)C(=O)N(C1CCC(=O)CC1=O)C2=O.CC(C)(C)c1cc2c(cc1F)C(=O)N([C@H]1CCC(=O)CC1=O)C2=O.CC(C)(C)c1ccc2c(c1)C(=O)N(C1CCC(=O)CC1=O)C2=O.CC(C)(C)c1ccc2c(c1)C(=O)N([C@H]1CCC(=O)CC1=O)C2=O.CC(C)(C)c1ccc2c(c1)CN(C1CCC(=O)CC1=O)C2=O. The zero-order valence-corrected chi connectivity index (χ0v) is 68.0. The molecule has 0 saturated heterocycles. The molecular weight excluding hydrogens is 1490 g/mol. The molecule has 5 atom stereocenters. The minimum absolute atomic E-state index is 0.0135. The largest absolute Gasteiger partial charge is 0.324 e. The van der Waals surface area contributed by atoms with Crippen LogP contribution in [0.1, 0.15) is 327 Å². The minimum Gasteiger partial charge on any atom is -0.324 e. The van der Waals surface area contributed by atoms with Crippen molar-refractivity contribution in [3.05, 3.63) is 174 Å². The number of carbonyl (C=O) groups excluding carboxylic acids is 19. The first-order valence-electron chi connectivity index (χ1n) is 39.0. The Balaban J connectivity index is 0.000000143. The summed E-state index contributed by atoms with van der Waals surface area (Å²) in [6.07, 6.45) is 1.44. The summed E-state index contributed by atoms with van der Waals surface area (Å²) in [5.41, 5.74) is 5.77. The van der Waals surface area contributed by atoms with Crippen molar-refractivity contribution in [3.63, 3.8) is 0 Å². The monoisotopic (exact) mass is 1590 g/mol. The molecule has 608 valence electrons. The number of halogens is 2. The normalized spacial score (nSPS) is 21.8. The Morgan fingerprint density at radius 3 is 0.750 bits per heavy atom. The number of benzene rings is 5. The summed E-state index contributed by atoms with van der Waals surface area (Å²) >= 11 is 0. The number of ketones is 10. The van der Waals surface area contributed by atoms with Crippen molar-refractivity contribution in [3.8, 4) is 0 Å². The van der Waals surface area contributed by atoms with Gasteiger partial charge in [-0.15, -0.1) is 0 Å². The van der Waals surface area contributed by atoms with Gasteiger partial charge in [-0.05, 0) is 147 Å². The lowest BCUT2D eigenvalue weighted by Crippen LogP contribution is -2.47. The predicted octanol–water partition coefficient (Wildman–Crippen LogP) is 12.0. The predicted molar refractivity (Wildman–Crippen MR) is 416 cm³/mol. The number of rotatable bonds is 5. The standard InChI is InChI=1S/2C18H18FNO4.2C18H19NO4.C18H21NO3/c2*1-18(2,3)12-7-10-11(8-13(12)19)17(24)20(16(10)23)14-5-4-9(21)6-15(14)22;2*1-18(2,3)10-4-6-12-13(8-10)17(23)19(16(12)22)14-7-5-11(20)9-15(14)21;1-18(2,3)12-4-6-14-11(8-12)10-19(17(14)22)15-7-5-13(20)9-16(15)21/h2*7-8,14H,4-6H2,1-3H3;2*4,6,8,14H,5,7,9H2,1-3H3;4,6,8,15H,5,7,9-10H2,1-3H3/t14-;;14-;;/m0.0../s1. The zero-order valence-electron chi connectivity index (χ0n) is 68.0. The molecule has 5 fully saturated rings. The molecule has 10 aliphatic rings. The highest BCUT2D eigenvalue weighted by atomic mass is 19.1. The third kappa shape index (κ3) is 16.9. The van der Waals surface area contributed by atoms with Gasteiger partial charge in [0, 0.05) is 44.2 Å². The Hall–Kier alpha value is -11.3. The van der Waals surface area contributed by atoms with E-state index in [4.69, 9.17) is 0 Å². The summed E-state index contributed by atoms with van der Waals surface area (Å²) in [6.45, 7) is 30.0. The highest BCUT2D eigenvalue weighted by Crippen LogP contribution is 2.40. The quantitative estimate of drug-likeness (QED) is 0.116. The van der Waals surface area contributed by atoms with Crippen LogP contribution in [0.3, 0.4) is 0 Å². The van der Waals surface area contributed by atoms with E-state index in [1.54, 1.807) is 29.2 Å². The number of hydrogen-bond donors (Lipinski definition) is 0. The van der Waals surface area contributed by atoms with E-state index < -0.39 is 111 Å². The Labute approximate surface area is 670 Å². The fraction of sp³-hybridized carbons (Fsp3) is 0.456. The molecule has 15 rings (SSSR count). The molecule has 5 aliphatic heterocycles. The molecule has 0 aromatic heterocycles. The number of nitrogens with zero attached hydrogens (tertiary/aromatic N) is 5. The average Bonchev–Trinajstić information content (AvgIpc) is 1.61. The lowest BCUT2D eigenvalue weighted by Gasteiger charge is -2.29. The number of fused-ring (bicyclic) bond motifs is 5. The van der Waals surface area contributed by atoms with Gasteiger partial charge in [0.15, 0.2) is 28.9 Å². The van der Waals surface area contributed by atoms with Gasteiger partial charge in [-0.3, -0.25) is 111 Å². The first kappa shape index (κ1) is 85.6. The van der Waals surface area contributed by atoms with Gasteiger partial charge in [0.05, 0.1) is 107 Å². The molecule has 5 saturated carbocycles. The number of Topliss-reactive ketones (excluding diaryl/α,β-unsaturated/α-hetero) is 10. The van der Waals surface area contributed by atoms with E-state index in [1.807, 2.05) is 107 Å². The molecule has 0 spiro atoms. The summed E-state index contributed by atoms with van der Waals surface area (Å²) < 4.78 is 28.7. The van der Waals surface area contributed by atoms with Gasteiger partial charge >= 0.3 is 0 Å². The van der Waals surface area contributed by atoms with Gasteiger partial charge in [-0.2, -0.15) is 0 Å². The van der Waals surface area contributed by atoms with Crippen LogP contribution >= 0.6 is 0 Å². The number of hydrogen-bond acceptors (Lipinski definition) is 19. The van der Waals surface area contributed by atoms with Gasteiger partial charge in [0.25, 0.3) is 53.2 Å². The van der Waals surface area contributed by atoms with Crippen LogP contribution in [-0.4, -0.2) is 166 Å². The maximum absolute atomic E-state index is 14.3. The fourth-order valence-corrected chi connectivity index (χ4v) is 16.1. The van der Waals surface area contributed by atoms with Crippen molar-refractivity contribution in [1.82, 2.24) is 24.5 Å². The van der Waals surface area contributed by atoms with Crippen molar-refractivity contribution in [2.75, 3.05) is 0 Å². The van der Waals surface area contributed by atoms with Crippen LogP contribution in [0.5, 0.6) is 0 Å². The molecule has 9 amide bonds. The molecule has 26 heteroatoms. The molecule has 0 radical (unpaired) electrons. The smallest absolute Gasteiger partial charge is 0.262 e.